The van der Waals surface area contributed by atoms with E-state index in [9.17, 15) is 13.2 Å². The van der Waals surface area contributed by atoms with E-state index in [1.54, 1.807) is 24.3 Å². The van der Waals surface area contributed by atoms with E-state index in [1.807, 2.05) is 30.3 Å². The zero-order chi connectivity index (χ0) is 18.9. The summed E-state index contributed by atoms with van der Waals surface area (Å²) in [6.07, 6.45) is 0. The summed E-state index contributed by atoms with van der Waals surface area (Å²) in [5.41, 5.74) is 2.46. The van der Waals surface area contributed by atoms with Gasteiger partial charge in [-0.3, -0.25) is 4.79 Å². The smallest absolute Gasteiger partial charge is 0.271 e. The molecule has 7 heteroatoms. The summed E-state index contributed by atoms with van der Waals surface area (Å²) in [6.45, 7) is 3.02. The van der Waals surface area contributed by atoms with E-state index in [0.717, 1.165) is 15.4 Å². The molecule has 0 aliphatic carbocycles. The topological polar surface area (TPSA) is 80.5 Å². The van der Waals surface area contributed by atoms with E-state index in [1.165, 1.54) is 20.9 Å². The summed E-state index contributed by atoms with van der Waals surface area (Å²) in [5.74, 6) is -0.466. The molecule has 0 radical (unpaired) electrons. The molecule has 1 aromatic heterocycles. The molecule has 134 valence electrons. The SMILES string of the molecule is Cc1noc(C)c1S(=O)(=O)N(C)C(=O)c1ccc(-c2ccccc2)cc1. The largest absolute Gasteiger partial charge is 0.360 e. The van der Waals surface area contributed by atoms with Gasteiger partial charge in [0.2, 0.25) is 0 Å². The van der Waals surface area contributed by atoms with Gasteiger partial charge in [0.1, 0.15) is 5.69 Å². The third kappa shape index (κ3) is 3.13. The van der Waals surface area contributed by atoms with Crippen molar-refractivity contribution >= 4 is 15.9 Å². The summed E-state index contributed by atoms with van der Waals surface area (Å²) < 4.78 is 31.1. The third-order valence-corrected chi connectivity index (χ3v) is 6.10. The molecule has 3 rings (SSSR count). The first-order valence-electron chi connectivity index (χ1n) is 7.94. The van der Waals surface area contributed by atoms with E-state index in [4.69, 9.17) is 4.52 Å². The van der Waals surface area contributed by atoms with Crippen molar-refractivity contribution in [2.24, 2.45) is 0 Å². The zero-order valence-corrected chi connectivity index (χ0v) is 15.4. The highest BCUT2D eigenvalue weighted by atomic mass is 32.2. The third-order valence-electron chi connectivity index (χ3n) is 4.11. The molecule has 1 amide bonds. The fourth-order valence-electron chi connectivity index (χ4n) is 2.71. The highest BCUT2D eigenvalue weighted by molar-refractivity contribution is 7.89. The first-order chi connectivity index (χ1) is 12.3. The van der Waals surface area contributed by atoms with Crippen LogP contribution in [0.1, 0.15) is 21.8 Å². The fourth-order valence-corrected chi connectivity index (χ4v) is 4.12. The number of carbonyl (C=O) groups excluding carboxylic acids is 1. The molecule has 0 bridgehead atoms. The number of hydrogen-bond donors (Lipinski definition) is 0. The normalized spacial score (nSPS) is 11.3. The standard InChI is InChI=1S/C19H18N2O4S/c1-13-18(14(2)25-20-13)26(23,24)21(3)19(22)17-11-9-16(10-12-17)15-7-5-4-6-8-15/h4-12H,1-3H3. The van der Waals surface area contributed by atoms with Crippen LogP contribution in [0.25, 0.3) is 11.1 Å². The minimum Gasteiger partial charge on any atom is -0.360 e. The molecular formula is C19H18N2O4S. The van der Waals surface area contributed by atoms with Crippen molar-refractivity contribution in [3.63, 3.8) is 0 Å². The first kappa shape index (κ1) is 17.9. The van der Waals surface area contributed by atoms with Crippen molar-refractivity contribution in [1.29, 1.82) is 0 Å². The van der Waals surface area contributed by atoms with Crippen molar-refractivity contribution in [2.45, 2.75) is 18.7 Å². The van der Waals surface area contributed by atoms with Gasteiger partial charge in [0.05, 0.1) is 0 Å². The number of aryl methyl sites for hydroxylation is 2. The lowest BCUT2D eigenvalue weighted by Crippen LogP contribution is -2.33. The Labute approximate surface area is 152 Å². The second-order valence-electron chi connectivity index (χ2n) is 5.87. The van der Waals surface area contributed by atoms with Gasteiger partial charge in [0, 0.05) is 12.6 Å². The molecule has 0 aliphatic rings. The van der Waals surface area contributed by atoms with Crippen molar-refractivity contribution < 1.29 is 17.7 Å². The van der Waals surface area contributed by atoms with Crippen LogP contribution >= 0.6 is 0 Å². The molecule has 0 aliphatic heterocycles. The molecule has 2 aromatic carbocycles. The Balaban J connectivity index is 1.89. The number of amides is 1. The van der Waals surface area contributed by atoms with Crippen molar-refractivity contribution in [1.82, 2.24) is 9.46 Å². The maximum atomic E-state index is 12.7. The van der Waals surface area contributed by atoms with Gasteiger partial charge in [-0.05, 0) is 37.1 Å². The molecule has 0 unspecified atom stereocenters. The Morgan fingerprint density at radius 3 is 2.08 bits per heavy atom. The maximum absolute atomic E-state index is 12.7. The Hall–Kier alpha value is -2.93. The van der Waals surface area contributed by atoms with Gasteiger partial charge in [0.25, 0.3) is 15.9 Å². The fraction of sp³-hybridized carbons (Fsp3) is 0.158. The van der Waals surface area contributed by atoms with Crippen molar-refractivity contribution in [2.75, 3.05) is 7.05 Å². The van der Waals surface area contributed by atoms with Crippen LogP contribution in [0.4, 0.5) is 0 Å². The van der Waals surface area contributed by atoms with Gasteiger partial charge >= 0.3 is 0 Å². The van der Waals surface area contributed by atoms with E-state index in [0.29, 0.717) is 0 Å². The quantitative estimate of drug-likeness (QED) is 0.703. The van der Waals surface area contributed by atoms with Gasteiger partial charge in [-0.25, -0.2) is 12.7 Å². The summed E-state index contributed by atoms with van der Waals surface area (Å²) in [5, 5.41) is 3.65. The molecule has 1 heterocycles. The van der Waals surface area contributed by atoms with E-state index >= 15 is 0 Å². The second kappa shape index (κ2) is 6.76. The molecule has 0 spiro atoms. The molecule has 0 saturated carbocycles. The highest BCUT2D eigenvalue weighted by Crippen LogP contribution is 2.24. The lowest BCUT2D eigenvalue weighted by Gasteiger charge is -2.17. The lowest BCUT2D eigenvalue weighted by molar-refractivity contribution is 0.0883. The summed E-state index contributed by atoms with van der Waals surface area (Å²) >= 11 is 0. The number of carbonyl (C=O) groups is 1. The van der Waals surface area contributed by atoms with E-state index in [2.05, 4.69) is 5.16 Å². The predicted octanol–water partition coefficient (Wildman–Crippen LogP) is 3.42. The molecule has 26 heavy (non-hydrogen) atoms. The number of hydrogen-bond acceptors (Lipinski definition) is 5. The van der Waals surface area contributed by atoms with E-state index < -0.39 is 15.9 Å². The monoisotopic (exact) mass is 370 g/mol. The number of benzene rings is 2. The highest BCUT2D eigenvalue weighted by Gasteiger charge is 2.32. The van der Waals surface area contributed by atoms with Crippen LogP contribution < -0.4 is 0 Å². The average Bonchev–Trinajstić information content (AvgIpc) is 3.00. The Bertz CT molecular complexity index is 1020. The molecular weight excluding hydrogens is 352 g/mol. The van der Waals surface area contributed by atoms with Crippen molar-refractivity contribution in [3.8, 4) is 11.1 Å². The Morgan fingerprint density at radius 1 is 0.962 bits per heavy atom. The second-order valence-corrected chi connectivity index (χ2v) is 7.78. The van der Waals surface area contributed by atoms with Crippen molar-refractivity contribution in [3.05, 3.63) is 71.6 Å². The molecule has 3 aromatic rings. The summed E-state index contributed by atoms with van der Waals surface area (Å²) in [6, 6.07) is 16.5. The molecule has 0 saturated heterocycles. The minimum absolute atomic E-state index is 0.0748. The average molecular weight is 370 g/mol. The first-order valence-corrected chi connectivity index (χ1v) is 9.38. The predicted molar refractivity (Wildman–Crippen MR) is 97.1 cm³/mol. The van der Waals surface area contributed by atoms with Gasteiger partial charge in [-0.2, -0.15) is 0 Å². The number of aromatic nitrogens is 1. The summed E-state index contributed by atoms with van der Waals surface area (Å²) in [7, 11) is -2.81. The van der Waals surface area contributed by atoms with Crippen LogP contribution in [0.15, 0.2) is 64.0 Å². The number of rotatable bonds is 4. The Morgan fingerprint density at radius 2 is 1.54 bits per heavy atom. The van der Waals surface area contributed by atoms with Crippen LogP contribution in [-0.2, 0) is 10.0 Å². The Kier molecular flexibility index (Phi) is 4.65. The minimum atomic E-state index is -4.04. The molecule has 6 nitrogen and oxygen atoms in total. The summed E-state index contributed by atoms with van der Waals surface area (Å²) in [4.78, 5) is 12.6. The maximum Gasteiger partial charge on any atom is 0.271 e. The molecule has 0 fully saturated rings. The van der Waals surface area contributed by atoms with Crippen LogP contribution in [0, 0.1) is 13.8 Å². The van der Waals surface area contributed by atoms with E-state index in [-0.39, 0.29) is 21.9 Å². The molecule has 0 atom stereocenters. The molecule has 0 N–H and O–H groups in total. The zero-order valence-electron chi connectivity index (χ0n) is 14.6. The van der Waals surface area contributed by atoms with Crippen LogP contribution in [0.2, 0.25) is 0 Å². The van der Waals surface area contributed by atoms with Crippen LogP contribution in [0.5, 0.6) is 0 Å². The van der Waals surface area contributed by atoms with Gasteiger partial charge in [0.15, 0.2) is 10.7 Å². The van der Waals surface area contributed by atoms with Gasteiger partial charge in [-0.15, -0.1) is 0 Å². The van der Waals surface area contributed by atoms with Gasteiger partial charge < -0.3 is 4.52 Å². The number of sulfonamides is 1. The van der Waals surface area contributed by atoms with Gasteiger partial charge in [-0.1, -0.05) is 47.6 Å². The van der Waals surface area contributed by atoms with Crippen LogP contribution in [-0.4, -0.2) is 30.8 Å². The lowest BCUT2D eigenvalue weighted by atomic mass is 10.0. The number of nitrogens with zero attached hydrogens (tertiary/aromatic N) is 2. The van der Waals surface area contributed by atoms with Crippen LogP contribution in [0.3, 0.4) is 0 Å².